The van der Waals surface area contributed by atoms with Gasteiger partial charge in [-0.3, -0.25) is 24.0 Å². The Morgan fingerprint density at radius 3 is 2.07 bits per heavy atom. The van der Waals surface area contributed by atoms with Gasteiger partial charge in [0.1, 0.15) is 29.7 Å². The lowest BCUT2D eigenvalue weighted by atomic mass is 9.45. The Kier molecular flexibility index (Phi) is 7.85. The fourth-order valence-corrected chi connectivity index (χ4v) is 8.01. The maximum atomic E-state index is 14.9. The number of ether oxygens (including phenoxy) is 5. The summed E-state index contributed by atoms with van der Waals surface area (Å²) < 4.78 is 29.2. The molecule has 2 saturated carbocycles. The van der Waals surface area contributed by atoms with Crippen LogP contribution in [0, 0.1) is 16.7 Å². The van der Waals surface area contributed by atoms with Gasteiger partial charge in [-0.2, -0.15) is 0 Å². The number of aliphatic hydroxyl groups is 1. The largest absolute Gasteiger partial charge is 0.458 e. The van der Waals surface area contributed by atoms with Crippen LogP contribution >= 0.6 is 0 Å². The first-order valence-electron chi connectivity index (χ1n) is 14.8. The normalized spacial score (nSPS) is 36.7. The third-order valence-electron chi connectivity index (χ3n) is 10.3. The molecule has 0 spiro atoms. The molecule has 1 saturated heterocycles. The summed E-state index contributed by atoms with van der Waals surface area (Å²) >= 11 is 0. The van der Waals surface area contributed by atoms with Gasteiger partial charge in [0.25, 0.3) is 0 Å². The van der Waals surface area contributed by atoms with Crippen LogP contribution in [0.15, 0.2) is 41.5 Å². The van der Waals surface area contributed by atoms with Crippen molar-refractivity contribution in [3.05, 3.63) is 47.0 Å². The summed E-state index contributed by atoms with van der Waals surface area (Å²) in [4.78, 5) is 80.4. The quantitative estimate of drug-likeness (QED) is 0.220. The van der Waals surface area contributed by atoms with Gasteiger partial charge in [0.05, 0.1) is 23.5 Å². The van der Waals surface area contributed by atoms with Crippen molar-refractivity contribution < 1.29 is 57.6 Å². The first kappa shape index (κ1) is 32.5. The van der Waals surface area contributed by atoms with Crippen LogP contribution in [-0.4, -0.2) is 82.8 Å². The van der Waals surface area contributed by atoms with E-state index in [1.54, 1.807) is 39.0 Å². The van der Waals surface area contributed by atoms with Gasteiger partial charge in [0, 0.05) is 39.0 Å². The average molecular weight is 627 g/mol. The molecule has 0 amide bonds. The van der Waals surface area contributed by atoms with Gasteiger partial charge >= 0.3 is 23.9 Å². The van der Waals surface area contributed by atoms with Crippen LogP contribution in [0.25, 0.3) is 0 Å². The number of carbonyl (C=O) groups is 6. The molecule has 1 aromatic carbocycles. The minimum absolute atomic E-state index is 0.115. The van der Waals surface area contributed by atoms with Gasteiger partial charge in [-0.15, -0.1) is 0 Å². The summed E-state index contributed by atoms with van der Waals surface area (Å²) in [6.45, 7) is 9.33. The van der Waals surface area contributed by atoms with Crippen molar-refractivity contribution >= 4 is 35.4 Å². The number of Topliss-reactive ketones (excluding diaryl/α,β-unsaturated/α-hetero) is 2. The Morgan fingerprint density at radius 2 is 1.53 bits per heavy atom. The number of fused-ring (bicyclic) bond motifs is 5. The van der Waals surface area contributed by atoms with Crippen LogP contribution in [-0.2, 0) is 47.7 Å². The molecule has 3 aliphatic carbocycles. The standard InChI is InChI=1S/C33H38O12/c1-16-21(42-17(2)34)14-33(40)28(44-29(39)20-11-9-8-10-12-20)26-31(7,22(37)13-23-32(26,15-41-23)45-19(4)36)27(38)25(43-18(3)35)24(16)30(33,5)6/h8-12,21,23,25-26,28,40H,13-15H2,1-7H3/t21-,23+,25+,26-,28-,31+,32-,33+/m0/s1. The smallest absolute Gasteiger partial charge is 0.338 e. The number of hydrogen-bond acceptors (Lipinski definition) is 12. The second kappa shape index (κ2) is 10.9. The number of benzene rings is 1. The summed E-state index contributed by atoms with van der Waals surface area (Å²) in [6.07, 6.45) is -6.21. The summed E-state index contributed by atoms with van der Waals surface area (Å²) in [5.74, 6) is -6.12. The van der Waals surface area contributed by atoms with E-state index in [4.69, 9.17) is 23.7 Å². The van der Waals surface area contributed by atoms with Crippen LogP contribution in [0.4, 0.5) is 0 Å². The highest BCUT2D eigenvalue weighted by Gasteiger charge is 2.78. The SMILES string of the molecule is CC(=O)O[C@H]1C(=O)[C@]2(C)C(=O)C[C@H]3OC[C@@]3(OC(C)=O)[C@H]2[C@H](OC(=O)c2ccccc2)[C@]2(O)C[C@H](OC(C)=O)C(C)=C1C2(C)C. The van der Waals surface area contributed by atoms with E-state index in [1.807, 2.05) is 0 Å². The number of hydrogen-bond donors (Lipinski definition) is 1. The molecule has 1 aromatic rings. The highest BCUT2D eigenvalue weighted by molar-refractivity contribution is 6.12. The molecule has 1 aliphatic heterocycles. The van der Waals surface area contributed by atoms with E-state index in [1.165, 1.54) is 26.0 Å². The van der Waals surface area contributed by atoms with Crippen molar-refractivity contribution in [1.29, 1.82) is 0 Å². The molecular weight excluding hydrogens is 588 g/mol. The Bertz CT molecular complexity index is 1510. The van der Waals surface area contributed by atoms with E-state index >= 15 is 0 Å². The molecular formula is C33H38O12. The van der Waals surface area contributed by atoms with Crippen molar-refractivity contribution in [2.24, 2.45) is 16.7 Å². The summed E-state index contributed by atoms with van der Waals surface area (Å²) in [7, 11) is 0. The van der Waals surface area contributed by atoms with Crippen LogP contribution in [0.2, 0.25) is 0 Å². The molecule has 1 heterocycles. The van der Waals surface area contributed by atoms with Crippen molar-refractivity contribution in [3.8, 4) is 0 Å². The molecule has 4 aliphatic rings. The first-order chi connectivity index (χ1) is 20.9. The van der Waals surface area contributed by atoms with Crippen molar-refractivity contribution in [2.45, 2.75) is 96.9 Å². The van der Waals surface area contributed by atoms with Crippen LogP contribution in [0.1, 0.15) is 71.7 Å². The molecule has 2 bridgehead atoms. The number of carbonyl (C=O) groups excluding carboxylic acids is 6. The van der Waals surface area contributed by atoms with Crippen LogP contribution in [0.3, 0.4) is 0 Å². The molecule has 45 heavy (non-hydrogen) atoms. The fourth-order valence-electron chi connectivity index (χ4n) is 8.01. The Labute approximate surface area is 260 Å². The lowest BCUT2D eigenvalue weighted by molar-refractivity contribution is -0.322. The number of esters is 4. The van der Waals surface area contributed by atoms with Gasteiger partial charge in [-0.05, 0) is 37.1 Å². The summed E-state index contributed by atoms with van der Waals surface area (Å²) in [5.41, 5.74) is -6.92. The predicted molar refractivity (Wildman–Crippen MR) is 153 cm³/mol. The van der Waals surface area contributed by atoms with E-state index in [0.29, 0.717) is 5.57 Å². The molecule has 1 N–H and O–H groups in total. The molecule has 5 rings (SSSR count). The lowest BCUT2D eigenvalue weighted by Gasteiger charge is -2.65. The van der Waals surface area contributed by atoms with Crippen LogP contribution in [0.5, 0.6) is 0 Å². The van der Waals surface area contributed by atoms with E-state index in [2.05, 4.69) is 0 Å². The Morgan fingerprint density at radius 1 is 0.911 bits per heavy atom. The Balaban J connectivity index is 1.87. The van der Waals surface area contributed by atoms with Gasteiger partial charge in [0.15, 0.2) is 17.5 Å². The van der Waals surface area contributed by atoms with Crippen LogP contribution < -0.4 is 0 Å². The molecule has 12 heteroatoms. The van der Waals surface area contributed by atoms with Gasteiger partial charge in [0.2, 0.25) is 0 Å². The first-order valence-corrected chi connectivity index (χ1v) is 14.8. The van der Waals surface area contributed by atoms with Crippen molar-refractivity contribution in [1.82, 2.24) is 0 Å². The Hall–Kier alpha value is -3.90. The highest BCUT2D eigenvalue weighted by atomic mass is 16.6. The minimum atomic E-state index is -2.19. The fraction of sp³-hybridized carbons (Fsp3) is 0.576. The maximum absolute atomic E-state index is 14.9. The zero-order valence-corrected chi connectivity index (χ0v) is 26.3. The topological polar surface area (TPSA) is 169 Å². The molecule has 8 atom stereocenters. The van der Waals surface area contributed by atoms with E-state index in [9.17, 15) is 33.9 Å². The van der Waals surface area contributed by atoms with Gasteiger partial charge in [-0.1, -0.05) is 32.0 Å². The number of rotatable bonds is 5. The second-order valence-electron chi connectivity index (χ2n) is 13.1. The monoisotopic (exact) mass is 626 g/mol. The molecule has 0 unspecified atom stereocenters. The third kappa shape index (κ3) is 4.72. The van der Waals surface area contributed by atoms with E-state index in [0.717, 1.165) is 13.8 Å². The van der Waals surface area contributed by atoms with E-state index in [-0.39, 0.29) is 30.6 Å². The summed E-state index contributed by atoms with van der Waals surface area (Å²) in [5, 5.41) is 13.1. The zero-order valence-electron chi connectivity index (χ0n) is 26.3. The van der Waals surface area contributed by atoms with Crippen molar-refractivity contribution in [3.63, 3.8) is 0 Å². The molecule has 242 valence electrons. The maximum Gasteiger partial charge on any atom is 0.338 e. The highest BCUT2D eigenvalue weighted by Crippen LogP contribution is 2.63. The predicted octanol–water partition coefficient (Wildman–Crippen LogP) is 2.43. The van der Waals surface area contributed by atoms with E-state index < -0.39 is 87.8 Å². The molecule has 0 aromatic heterocycles. The number of ketones is 2. The average Bonchev–Trinajstić information content (AvgIpc) is 2.94. The second-order valence-corrected chi connectivity index (χ2v) is 13.1. The van der Waals surface area contributed by atoms with Gasteiger partial charge in [-0.25, -0.2) is 4.79 Å². The zero-order chi connectivity index (χ0) is 33.3. The third-order valence-corrected chi connectivity index (χ3v) is 10.3. The lowest BCUT2D eigenvalue weighted by Crippen LogP contribution is -2.81. The molecule has 0 radical (unpaired) electrons. The van der Waals surface area contributed by atoms with Gasteiger partial charge < -0.3 is 28.8 Å². The molecule has 3 fully saturated rings. The van der Waals surface area contributed by atoms with Crippen molar-refractivity contribution in [2.75, 3.05) is 6.61 Å². The minimum Gasteiger partial charge on any atom is -0.458 e. The molecule has 12 nitrogen and oxygen atoms in total. The summed E-state index contributed by atoms with van der Waals surface area (Å²) in [6, 6.07) is 7.94.